The van der Waals surface area contributed by atoms with E-state index in [-0.39, 0.29) is 23.9 Å². The van der Waals surface area contributed by atoms with Crippen LogP contribution < -0.4 is 0 Å². The molecule has 2 aliphatic rings. The van der Waals surface area contributed by atoms with Crippen molar-refractivity contribution in [2.75, 3.05) is 26.2 Å². The fourth-order valence-corrected chi connectivity index (χ4v) is 6.73. The molecule has 0 bridgehead atoms. The summed E-state index contributed by atoms with van der Waals surface area (Å²) < 4.78 is 27.2. The molecule has 6 nitrogen and oxygen atoms in total. The first kappa shape index (κ1) is 21.0. The van der Waals surface area contributed by atoms with Crippen LogP contribution in [0, 0.1) is 11.3 Å². The van der Waals surface area contributed by atoms with Gasteiger partial charge >= 0.3 is 0 Å². The monoisotopic (exact) mass is 443 g/mol. The molecule has 2 heterocycles. The summed E-state index contributed by atoms with van der Waals surface area (Å²) in [5, 5.41) is 8.89. The van der Waals surface area contributed by atoms with Gasteiger partial charge in [-0.3, -0.25) is 4.79 Å². The SMILES string of the molecule is N#Cc1ccc(S(=O)(=O)N2CCN(C(=O)c3cc4c(s3)CCCCCC4)CC2)cc1. The fraction of sp³-hybridized carbons (Fsp3) is 0.455. The van der Waals surface area contributed by atoms with Gasteiger partial charge in [0, 0.05) is 31.1 Å². The Balaban J connectivity index is 1.42. The van der Waals surface area contributed by atoms with Gasteiger partial charge in [-0.25, -0.2) is 8.42 Å². The molecule has 8 heteroatoms. The Kier molecular flexibility index (Phi) is 6.23. The van der Waals surface area contributed by atoms with Gasteiger partial charge in [-0.1, -0.05) is 12.8 Å². The summed E-state index contributed by atoms with van der Waals surface area (Å²) in [6.45, 7) is 1.33. The van der Waals surface area contributed by atoms with Crippen LogP contribution in [-0.2, 0) is 22.9 Å². The summed E-state index contributed by atoms with van der Waals surface area (Å²) in [5.74, 6) is 0.0159. The highest BCUT2D eigenvalue weighted by molar-refractivity contribution is 7.89. The lowest BCUT2D eigenvalue weighted by atomic mass is 10.00. The first-order chi connectivity index (χ1) is 14.5. The third-order valence-electron chi connectivity index (χ3n) is 5.85. The van der Waals surface area contributed by atoms with E-state index < -0.39 is 10.0 Å². The lowest BCUT2D eigenvalue weighted by Gasteiger charge is -2.33. The average Bonchev–Trinajstić information content (AvgIpc) is 3.15. The van der Waals surface area contributed by atoms with Crippen LogP contribution in [0.1, 0.15) is 51.4 Å². The van der Waals surface area contributed by atoms with Crippen molar-refractivity contribution in [2.45, 2.75) is 43.4 Å². The summed E-state index contributed by atoms with van der Waals surface area (Å²) in [7, 11) is -3.62. The van der Waals surface area contributed by atoms with E-state index in [1.807, 2.05) is 6.07 Å². The number of nitrogens with zero attached hydrogens (tertiary/aromatic N) is 3. The third-order valence-corrected chi connectivity index (χ3v) is 8.99. The lowest BCUT2D eigenvalue weighted by Crippen LogP contribution is -2.50. The van der Waals surface area contributed by atoms with E-state index in [9.17, 15) is 13.2 Å². The van der Waals surface area contributed by atoms with Crippen molar-refractivity contribution in [1.82, 2.24) is 9.21 Å². The number of carbonyl (C=O) groups is 1. The number of aryl methyl sites for hydroxylation is 2. The minimum absolute atomic E-state index is 0.0159. The molecule has 1 aromatic carbocycles. The number of hydrogen-bond acceptors (Lipinski definition) is 5. The predicted molar refractivity (Wildman–Crippen MR) is 116 cm³/mol. The second kappa shape index (κ2) is 8.88. The Morgan fingerprint density at radius 1 is 0.967 bits per heavy atom. The zero-order valence-corrected chi connectivity index (χ0v) is 18.5. The standard InChI is InChI=1S/C22H25N3O3S2/c23-16-17-7-9-19(10-8-17)30(27,28)25-13-11-24(12-14-25)22(26)21-15-18-5-3-1-2-4-6-20(18)29-21/h7-10,15H,1-6,11-14H2. The third kappa shape index (κ3) is 4.29. The van der Waals surface area contributed by atoms with Crippen molar-refractivity contribution in [3.05, 3.63) is 51.2 Å². The van der Waals surface area contributed by atoms with Gasteiger partial charge in [0.05, 0.1) is 21.4 Å². The van der Waals surface area contributed by atoms with Gasteiger partial charge in [0.15, 0.2) is 0 Å². The zero-order valence-electron chi connectivity index (χ0n) is 16.8. The van der Waals surface area contributed by atoms with Crippen LogP contribution in [0.4, 0.5) is 0 Å². The van der Waals surface area contributed by atoms with E-state index in [0.29, 0.717) is 18.7 Å². The molecule has 0 N–H and O–H groups in total. The lowest BCUT2D eigenvalue weighted by molar-refractivity contribution is 0.0702. The van der Waals surface area contributed by atoms with Crippen molar-refractivity contribution >= 4 is 27.3 Å². The number of piperazine rings is 1. The second-order valence-corrected chi connectivity index (χ2v) is 10.9. The highest BCUT2D eigenvalue weighted by Gasteiger charge is 2.31. The summed E-state index contributed by atoms with van der Waals surface area (Å²) in [6, 6.07) is 10.0. The number of amides is 1. The Hall–Kier alpha value is -2.21. The molecule has 1 aliphatic heterocycles. The Morgan fingerprint density at radius 3 is 2.30 bits per heavy atom. The minimum Gasteiger partial charge on any atom is -0.335 e. The van der Waals surface area contributed by atoms with E-state index in [0.717, 1.165) is 17.7 Å². The molecular formula is C22H25N3O3S2. The average molecular weight is 444 g/mol. The van der Waals surface area contributed by atoms with Gasteiger partial charge in [-0.2, -0.15) is 9.57 Å². The van der Waals surface area contributed by atoms with Gasteiger partial charge in [0.1, 0.15) is 0 Å². The Bertz CT molecular complexity index is 1030. The van der Waals surface area contributed by atoms with Crippen LogP contribution in [0.3, 0.4) is 0 Å². The van der Waals surface area contributed by atoms with Crippen LogP contribution >= 0.6 is 11.3 Å². The molecule has 158 valence electrons. The normalized spacial score (nSPS) is 18.2. The predicted octanol–water partition coefficient (Wildman–Crippen LogP) is 3.43. The molecule has 0 saturated carbocycles. The van der Waals surface area contributed by atoms with E-state index in [2.05, 4.69) is 6.07 Å². The number of rotatable bonds is 3. The molecule has 1 aromatic heterocycles. The van der Waals surface area contributed by atoms with Crippen molar-refractivity contribution in [3.8, 4) is 6.07 Å². The first-order valence-electron chi connectivity index (χ1n) is 10.4. The fourth-order valence-electron chi connectivity index (χ4n) is 4.09. The Morgan fingerprint density at radius 2 is 1.63 bits per heavy atom. The van der Waals surface area contributed by atoms with Gasteiger partial charge in [0.2, 0.25) is 10.0 Å². The van der Waals surface area contributed by atoms with E-state index >= 15 is 0 Å². The van der Waals surface area contributed by atoms with Gasteiger partial charge in [0.25, 0.3) is 5.91 Å². The number of fused-ring (bicyclic) bond motifs is 1. The summed E-state index contributed by atoms with van der Waals surface area (Å²) in [5.41, 5.74) is 1.75. The molecule has 30 heavy (non-hydrogen) atoms. The molecular weight excluding hydrogens is 418 g/mol. The van der Waals surface area contributed by atoms with Crippen LogP contribution in [0.15, 0.2) is 35.2 Å². The van der Waals surface area contributed by atoms with Crippen LogP contribution in [0.25, 0.3) is 0 Å². The maximum absolute atomic E-state index is 13.0. The van der Waals surface area contributed by atoms with Gasteiger partial charge < -0.3 is 4.90 Å². The van der Waals surface area contributed by atoms with Crippen LogP contribution in [-0.4, -0.2) is 49.7 Å². The zero-order chi connectivity index (χ0) is 21.1. The molecule has 1 amide bonds. The molecule has 4 rings (SSSR count). The smallest absolute Gasteiger partial charge is 0.264 e. The maximum Gasteiger partial charge on any atom is 0.264 e. The summed E-state index contributed by atoms with van der Waals surface area (Å²) in [4.78, 5) is 17.1. The van der Waals surface area contributed by atoms with Crippen LogP contribution in [0.5, 0.6) is 0 Å². The number of sulfonamides is 1. The number of thiophene rings is 1. The molecule has 1 fully saturated rings. The molecule has 0 radical (unpaired) electrons. The van der Waals surface area contributed by atoms with Crippen molar-refractivity contribution in [2.24, 2.45) is 0 Å². The second-order valence-electron chi connectivity index (χ2n) is 7.81. The number of benzene rings is 1. The van der Waals surface area contributed by atoms with Crippen LogP contribution in [0.2, 0.25) is 0 Å². The number of hydrogen-bond donors (Lipinski definition) is 0. The topological polar surface area (TPSA) is 81.5 Å². The van der Waals surface area contributed by atoms with E-state index in [1.165, 1.54) is 64.7 Å². The van der Waals surface area contributed by atoms with E-state index in [1.54, 1.807) is 16.2 Å². The number of carbonyl (C=O) groups excluding carboxylic acids is 1. The highest BCUT2D eigenvalue weighted by atomic mass is 32.2. The van der Waals surface area contributed by atoms with Gasteiger partial charge in [-0.15, -0.1) is 11.3 Å². The van der Waals surface area contributed by atoms with Gasteiger partial charge in [-0.05, 0) is 61.6 Å². The largest absolute Gasteiger partial charge is 0.335 e. The summed E-state index contributed by atoms with van der Waals surface area (Å²) >= 11 is 1.62. The quantitative estimate of drug-likeness (QED) is 0.728. The first-order valence-corrected chi connectivity index (χ1v) is 12.7. The molecule has 0 spiro atoms. The maximum atomic E-state index is 13.0. The number of nitriles is 1. The van der Waals surface area contributed by atoms with Crippen molar-refractivity contribution in [1.29, 1.82) is 5.26 Å². The van der Waals surface area contributed by atoms with Crippen molar-refractivity contribution < 1.29 is 13.2 Å². The molecule has 0 unspecified atom stereocenters. The van der Waals surface area contributed by atoms with E-state index in [4.69, 9.17) is 5.26 Å². The molecule has 2 aromatic rings. The Labute approximate surface area is 181 Å². The highest BCUT2D eigenvalue weighted by Crippen LogP contribution is 2.29. The molecule has 1 aliphatic carbocycles. The minimum atomic E-state index is -3.62. The molecule has 1 saturated heterocycles. The summed E-state index contributed by atoms with van der Waals surface area (Å²) in [6.07, 6.45) is 7.00. The molecule has 0 atom stereocenters. The van der Waals surface area contributed by atoms with Crippen molar-refractivity contribution in [3.63, 3.8) is 0 Å².